The van der Waals surface area contributed by atoms with Gasteiger partial charge in [0.05, 0.1) is 11.8 Å². The van der Waals surface area contributed by atoms with Crippen molar-refractivity contribution in [1.29, 1.82) is 0 Å². The summed E-state index contributed by atoms with van der Waals surface area (Å²) in [6.45, 7) is 4.90. The van der Waals surface area contributed by atoms with Crippen molar-refractivity contribution < 1.29 is 19.8 Å². The molecule has 0 radical (unpaired) electrons. The summed E-state index contributed by atoms with van der Waals surface area (Å²) in [7, 11) is 0. The van der Waals surface area contributed by atoms with Gasteiger partial charge in [-0.25, -0.2) is 0 Å². The average molecular weight is 413 g/mol. The van der Waals surface area contributed by atoms with E-state index in [9.17, 15) is 9.59 Å². The molecule has 0 bridgehead atoms. The van der Waals surface area contributed by atoms with Gasteiger partial charge in [0.15, 0.2) is 0 Å². The molecule has 2 rings (SSSR count). The van der Waals surface area contributed by atoms with Crippen LogP contribution in [0.4, 0.5) is 0 Å². The molecule has 2 aliphatic rings. The van der Waals surface area contributed by atoms with Crippen LogP contribution in [0.5, 0.6) is 0 Å². The number of hydrogen-bond donors (Lipinski definition) is 4. The molecule has 0 aromatic rings. The van der Waals surface area contributed by atoms with E-state index in [-0.39, 0.29) is 35.8 Å². The largest absolute Gasteiger partial charge is 0.481 e. The van der Waals surface area contributed by atoms with Crippen molar-refractivity contribution >= 4 is 11.9 Å². The first-order chi connectivity index (χ1) is 13.8. The van der Waals surface area contributed by atoms with Gasteiger partial charge in [-0.15, -0.1) is 0 Å². The smallest absolute Gasteiger partial charge is 0.307 e. The fraction of sp³-hybridized carbons (Fsp3) is 0.913. The van der Waals surface area contributed by atoms with Crippen LogP contribution in [0.3, 0.4) is 0 Å². The molecule has 170 valence electrons. The third-order valence-electron chi connectivity index (χ3n) is 7.49. The van der Waals surface area contributed by atoms with Crippen molar-refractivity contribution in [3.63, 3.8) is 0 Å². The second-order valence-electron chi connectivity index (χ2n) is 9.47. The summed E-state index contributed by atoms with van der Waals surface area (Å²) in [5, 5.41) is 18.0. The lowest BCUT2D eigenvalue weighted by molar-refractivity contribution is -0.143. The van der Waals surface area contributed by atoms with Crippen LogP contribution in [0.15, 0.2) is 0 Å². The highest BCUT2D eigenvalue weighted by molar-refractivity contribution is 5.70. The molecule has 0 aliphatic heterocycles. The number of carbonyl (C=O) groups is 2. The predicted octanol–water partition coefficient (Wildman–Crippen LogP) is 4.40. The maximum absolute atomic E-state index is 11.0. The van der Waals surface area contributed by atoms with Gasteiger partial charge in [-0.1, -0.05) is 52.4 Å². The van der Waals surface area contributed by atoms with Gasteiger partial charge in [-0.3, -0.25) is 9.59 Å². The molecular formula is C23H44N2O4. The van der Waals surface area contributed by atoms with Crippen LogP contribution in [0.25, 0.3) is 0 Å². The maximum atomic E-state index is 11.0. The summed E-state index contributed by atoms with van der Waals surface area (Å²) in [5.74, 6) is -2.13. The molecule has 2 saturated carbocycles. The molecule has 6 heteroatoms. The number of carboxylic acids is 2. The molecule has 0 spiro atoms. The number of rotatable bonds is 11. The van der Waals surface area contributed by atoms with Crippen LogP contribution >= 0.6 is 0 Å². The fourth-order valence-corrected chi connectivity index (χ4v) is 5.63. The van der Waals surface area contributed by atoms with Crippen LogP contribution in [0.1, 0.15) is 97.3 Å². The molecule has 0 saturated heterocycles. The summed E-state index contributed by atoms with van der Waals surface area (Å²) < 4.78 is 0. The van der Waals surface area contributed by atoms with Crippen molar-refractivity contribution in [2.75, 3.05) is 13.1 Å². The summed E-state index contributed by atoms with van der Waals surface area (Å²) in [6.07, 6.45) is 14.8. The molecule has 0 amide bonds. The molecule has 29 heavy (non-hydrogen) atoms. The van der Waals surface area contributed by atoms with E-state index in [2.05, 4.69) is 13.8 Å². The predicted molar refractivity (Wildman–Crippen MR) is 117 cm³/mol. The third kappa shape index (κ3) is 7.89. The van der Waals surface area contributed by atoms with E-state index in [1.807, 2.05) is 0 Å². The Labute approximate surface area is 176 Å². The Morgan fingerprint density at radius 3 is 1.48 bits per heavy atom. The van der Waals surface area contributed by atoms with Crippen LogP contribution < -0.4 is 11.5 Å². The van der Waals surface area contributed by atoms with Crippen molar-refractivity contribution in [3.8, 4) is 0 Å². The molecule has 6 N–H and O–H groups in total. The lowest BCUT2D eigenvalue weighted by Gasteiger charge is -2.31. The van der Waals surface area contributed by atoms with Crippen molar-refractivity contribution in [3.05, 3.63) is 0 Å². The summed E-state index contributed by atoms with van der Waals surface area (Å²) in [5.41, 5.74) is 11.6. The summed E-state index contributed by atoms with van der Waals surface area (Å²) in [6, 6.07) is 0. The first-order valence-electron chi connectivity index (χ1n) is 11.6. The maximum Gasteiger partial charge on any atom is 0.307 e. The Balaban J connectivity index is 0.000000291. The highest BCUT2D eigenvalue weighted by atomic mass is 16.4. The quantitative estimate of drug-likeness (QED) is 0.398. The van der Waals surface area contributed by atoms with Crippen molar-refractivity contribution in [1.82, 2.24) is 0 Å². The van der Waals surface area contributed by atoms with Gasteiger partial charge in [0, 0.05) is 13.1 Å². The van der Waals surface area contributed by atoms with Gasteiger partial charge in [-0.05, 0) is 55.8 Å². The lowest BCUT2D eigenvalue weighted by Crippen LogP contribution is -2.30. The second-order valence-corrected chi connectivity index (χ2v) is 9.47. The Bertz CT molecular complexity index is 497. The van der Waals surface area contributed by atoms with Crippen molar-refractivity contribution in [2.45, 2.75) is 97.3 Å². The number of carboxylic acid groups (broad SMARTS) is 2. The molecule has 2 fully saturated rings. The Morgan fingerprint density at radius 1 is 0.793 bits per heavy atom. The van der Waals surface area contributed by atoms with Gasteiger partial charge in [0.1, 0.15) is 0 Å². The third-order valence-corrected chi connectivity index (χ3v) is 7.49. The van der Waals surface area contributed by atoms with E-state index in [1.54, 1.807) is 0 Å². The zero-order valence-electron chi connectivity index (χ0n) is 18.6. The van der Waals surface area contributed by atoms with Gasteiger partial charge >= 0.3 is 11.9 Å². The minimum atomic E-state index is -0.729. The topological polar surface area (TPSA) is 127 Å². The minimum absolute atomic E-state index is 0.275. The first-order valence-corrected chi connectivity index (χ1v) is 11.6. The van der Waals surface area contributed by atoms with E-state index in [0.29, 0.717) is 0 Å². The first kappa shape index (κ1) is 25.9. The minimum Gasteiger partial charge on any atom is -0.481 e. The van der Waals surface area contributed by atoms with Crippen LogP contribution in [-0.2, 0) is 9.59 Å². The standard InChI is InChI=1S/C12H23NO2.C11H21NO2/c1-2-5-12(6-3-4-7-12)8-10(9-13)11(14)15;1-2-11(5-3-4-6-11)7-9(8-12)10(13)14/h10H,2-9,13H2,1H3,(H,14,15);9H,2-8,12H2,1H3,(H,13,14). The fourth-order valence-electron chi connectivity index (χ4n) is 5.63. The van der Waals surface area contributed by atoms with Crippen LogP contribution in [0, 0.1) is 22.7 Å². The van der Waals surface area contributed by atoms with E-state index < -0.39 is 11.9 Å². The van der Waals surface area contributed by atoms with Gasteiger partial charge in [-0.2, -0.15) is 0 Å². The summed E-state index contributed by atoms with van der Waals surface area (Å²) in [4.78, 5) is 21.9. The Kier molecular flexibility index (Phi) is 11.2. The molecule has 2 unspecified atom stereocenters. The molecule has 0 heterocycles. The Hall–Kier alpha value is -1.14. The molecular weight excluding hydrogens is 368 g/mol. The lowest BCUT2D eigenvalue weighted by atomic mass is 9.74. The summed E-state index contributed by atoms with van der Waals surface area (Å²) >= 11 is 0. The average Bonchev–Trinajstić information content (AvgIpc) is 3.35. The molecule has 0 aromatic carbocycles. The zero-order valence-corrected chi connectivity index (χ0v) is 18.6. The van der Waals surface area contributed by atoms with Gasteiger partial charge in [0.25, 0.3) is 0 Å². The van der Waals surface area contributed by atoms with E-state index >= 15 is 0 Å². The van der Waals surface area contributed by atoms with Crippen molar-refractivity contribution in [2.24, 2.45) is 34.1 Å². The van der Waals surface area contributed by atoms with Crippen LogP contribution in [0.2, 0.25) is 0 Å². The Morgan fingerprint density at radius 2 is 1.17 bits per heavy atom. The highest BCUT2D eigenvalue weighted by Crippen LogP contribution is 2.47. The zero-order chi connectivity index (χ0) is 21.9. The normalized spacial score (nSPS) is 21.8. The van der Waals surface area contributed by atoms with E-state index in [1.165, 1.54) is 51.4 Å². The number of nitrogens with two attached hydrogens (primary N) is 2. The monoisotopic (exact) mass is 412 g/mol. The van der Waals surface area contributed by atoms with E-state index in [4.69, 9.17) is 21.7 Å². The molecule has 6 nitrogen and oxygen atoms in total. The molecule has 0 aromatic heterocycles. The molecule has 2 aliphatic carbocycles. The van der Waals surface area contributed by atoms with E-state index in [0.717, 1.165) is 32.1 Å². The SMILES string of the molecule is CCC1(CC(CN)C(=O)O)CCCC1.CCCC1(CC(CN)C(=O)O)CCCC1. The number of aliphatic carboxylic acids is 2. The van der Waals surface area contributed by atoms with Crippen LogP contribution in [-0.4, -0.2) is 35.2 Å². The highest BCUT2D eigenvalue weighted by Gasteiger charge is 2.37. The second kappa shape index (κ2) is 12.5. The van der Waals surface area contributed by atoms with Gasteiger partial charge < -0.3 is 21.7 Å². The number of hydrogen-bond acceptors (Lipinski definition) is 4. The van der Waals surface area contributed by atoms with Gasteiger partial charge in [0.2, 0.25) is 0 Å². The molecule has 2 atom stereocenters.